The Labute approximate surface area is 99.4 Å². The van der Waals surface area contributed by atoms with E-state index in [0.29, 0.717) is 11.2 Å². The summed E-state index contributed by atoms with van der Waals surface area (Å²) < 4.78 is 0. The van der Waals surface area contributed by atoms with Crippen LogP contribution in [-0.2, 0) is 0 Å². The van der Waals surface area contributed by atoms with Gasteiger partial charge in [-0.3, -0.25) is 0 Å². The molecule has 90 valence electrons. The molecule has 17 heavy (non-hydrogen) atoms. The summed E-state index contributed by atoms with van der Waals surface area (Å²) in [6.45, 7) is 1.64. The monoisotopic (exact) mass is 235 g/mol. The van der Waals surface area contributed by atoms with Gasteiger partial charge < -0.3 is 20.1 Å². The lowest BCUT2D eigenvalue weighted by Gasteiger charge is -2.21. The van der Waals surface area contributed by atoms with Crippen molar-refractivity contribution in [1.29, 1.82) is 0 Å². The molecule has 1 aromatic carbocycles. The average molecular weight is 235 g/mol. The number of carboxylic acids is 1. The summed E-state index contributed by atoms with van der Waals surface area (Å²) >= 11 is 0. The lowest BCUT2D eigenvalue weighted by molar-refractivity contribution is 0.0697. The molecule has 1 heterocycles. The van der Waals surface area contributed by atoms with Crippen LogP contribution < -0.4 is 10.4 Å². The standard InChI is InChI=1S/C11H14BNO4/c14-11(15)8-3-4-9(12(16)17)10(7-8)13-5-1-2-6-13/h3-4,7,16-17H,1-2,5-6H2,(H,14,15). The van der Waals surface area contributed by atoms with Gasteiger partial charge in [0, 0.05) is 24.2 Å². The average Bonchev–Trinajstić information content (AvgIpc) is 2.81. The number of benzene rings is 1. The summed E-state index contributed by atoms with van der Waals surface area (Å²) in [7, 11) is -1.58. The molecule has 0 bridgehead atoms. The minimum absolute atomic E-state index is 0.163. The molecule has 1 aromatic rings. The topological polar surface area (TPSA) is 81.0 Å². The SMILES string of the molecule is O=C(O)c1ccc(B(O)O)c(N2CCCC2)c1. The molecule has 0 aliphatic carbocycles. The Kier molecular flexibility index (Phi) is 3.35. The maximum atomic E-state index is 10.9. The highest BCUT2D eigenvalue weighted by Gasteiger charge is 2.23. The second kappa shape index (κ2) is 4.77. The van der Waals surface area contributed by atoms with E-state index in [2.05, 4.69) is 0 Å². The second-order valence-electron chi connectivity index (χ2n) is 4.15. The van der Waals surface area contributed by atoms with Crippen molar-refractivity contribution in [2.24, 2.45) is 0 Å². The van der Waals surface area contributed by atoms with Gasteiger partial charge in [0.05, 0.1) is 5.56 Å². The summed E-state index contributed by atoms with van der Waals surface area (Å²) in [6.07, 6.45) is 2.08. The molecule has 6 heteroatoms. The highest BCUT2D eigenvalue weighted by Crippen LogP contribution is 2.20. The first-order valence-corrected chi connectivity index (χ1v) is 5.58. The van der Waals surface area contributed by atoms with E-state index < -0.39 is 13.1 Å². The highest BCUT2D eigenvalue weighted by molar-refractivity contribution is 6.60. The fourth-order valence-electron chi connectivity index (χ4n) is 2.13. The van der Waals surface area contributed by atoms with Crippen molar-refractivity contribution in [3.05, 3.63) is 23.8 Å². The normalized spacial score (nSPS) is 15.1. The van der Waals surface area contributed by atoms with E-state index in [-0.39, 0.29) is 5.56 Å². The number of hydrogen-bond acceptors (Lipinski definition) is 4. The molecule has 0 radical (unpaired) electrons. The smallest absolute Gasteiger partial charge is 0.478 e. The van der Waals surface area contributed by atoms with Gasteiger partial charge in [-0.15, -0.1) is 0 Å². The second-order valence-corrected chi connectivity index (χ2v) is 4.15. The Bertz CT molecular complexity index is 429. The van der Waals surface area contributed by atoms with Gasteiger partial charge in [0.15, 0.2) is 0 Å². The van der Waals surface area contributed by atoms with Crippen LogP contribution >= 0.6 is 0 Å². The van der Waals surface area contributed by atoms with E-state index >= 15 is 0 Å². The molecule has 1 fully saturated rings. The minimum Gasteiger partial charge on any atom is -0.478 e. The van der Waals surface area contributed by atoms with E-state index in [0.717, 1.165) is 25.9 Å². The molecule has 3 N–H and O–H groups in total. The molecule has 0 amide bonds. The Morgan fingerprint density at radius 2 is 1.88 bits per heavy atom. The third-order valence-corrected chi connectivity index (χ3v) is 3.00. The summed E-state index contributed by atoms with van der Waals surface area (Å²) in [5.41, 5.74) is 1.13. The Morgan fingerprint density at radius 3 is 2.41 bits per heavy atom. The molecule has 2 rings (SSSR count). The highest BCUT2D eigenvalue weighted by atomic mass is 16.4. The number of rotatable bonds is 3. The van der Waals surface area contributed by atoms with Crippen molar-refractivity contribution < 1.29 is 19.9 Å². The quantitative estimate of drug-likeness (QED) is 0.624. The molecule has 1 aliphatic heterocycles. The predicted molar refractivity (Wildman–Crippen MR) is 64.7 cm³/mol. The van der Waals surface area contributed by atoms with Crippen LogP contribution in [0.15, 0.2) is 18.2 Å². The summed E-state index contributed by atoms with van der Waals surface area (Å²) in [6, 6.07) is 4.35. The zero-order valence-electron chi connectivity index (χ0n) is 9.33. The minimum atomic E-state index is -1.58. The molecule has 1 saturated heterocycles. The van der Waals surface area contributed by atoms with Crippen molar-refractivity contribution in [2.45, 2.75) is 12.8 Å². The number of carboxylic acid groups (broad SMARTS) is 1. The fourth-order valence-corrected chi connectivity index (χ4v) is 2.13. The van der Waals surface area contributed by atoms with Crippen LogP contribution in [0.25, 0.3) is 0 Å². The predicted octanol–water partition coefficient (Wildman–Crippen LogP) is -0.335. The summed E-state index contributed by atoms with van der Waals surface area (Å²) in [5, 5.41) is 27.5. The van der Waals surface area contributed by atoms with Gasteiger partial charge in [-0.2, -0.15) is 0 Å². The molecule has 0 saturated carbocycles. The van der Waals surface area contributed by atoms with Gasteiger partial charge in [0.1, 0.15) is 0 Å². The first-order chi connectivity index (χ1) is 8.09. The van der Waals surface area contributed by atoms with Gasteiger partial charge in [-0.05, 0) is 25.0 Å². The van der Waals surface area contributed by atoms with Crippen molar-refractivity contribution in [2.75, 3.05) is 18.0 Å². The van der Waals surface area contributed by atoms with Crippen LogP contribution in [0, 0.1) is 0 Å². The molecule has 5 nitrogen and oxygen atoms in total. The number of anilines is 1. The van der Waals surface area contributed by atoms with E-state index in [4.69, 9.17) is 5.11 Å². The third-order valence-electron chi connectivity index (χ3n) is 3.00. The van der Waals surface area contributed by atoms with Crippen LogP contribution in [0.3, 0.4) is 0 Å². The lowest BCUT2D eigenvalue weighted by Crippen LogP contribution is -2.36. The van der Waals surface area contributed by atoms with E-state index in [1.807, 2.05) is 4.90 Å². The Balaban J connectivity index is 2.43. The Hall–Kier alpha value is -1.53. The molecule has 0 aromatic heterocycles. The first-order valence-electron chi connectivity index (χ1n) is 5.58. The van der Waals surface area contributed by atoms with Gasteiger partial charge in [-0.1, -0.05) is 6.07 Å². The number of carbonyl (C=O) groups is 1. The molecular weight excluding hydrogens is 221 g/mol. The molecule has 0 atom stereocenters. The zero-order valence-corrected chi connectivity index (χ0v) is 9.33. The van der Waals surface area contributed by atoms with Gasteiger partial charge >= 0.3 is 13.1 Å². The largest absolute Gasteiger partial charge is 0.490 e. The molecule has 0 spiro atoms. The number of aromatic carboxylic acids is 1. The summed E-state index contributed by atoms with van der Waals surface area (Å²) in [4.78, 5) is 12.9. The molecular formula is C11H14BNO4. The van der Waals surface area contributed by atoms with Crippen LogP contribution in [0.2, 0.25) is 0 Å². The van der Waals surface area contributed by atoms with Crippen molar-refractivity contribution in [3.63, 3.8) is 0 Å². The van der Waals surface area contributed by atoms with Crippen molar-refractivity contribution in [3.8, 4) is 0 Å². The van der Waals surface area contributed by atoms with Crippen LogP contribution in [0.1, 0.15) is 23.2 Å². The van der Waals surface area contributed by atoms with Gasteiger partial charge in [-0.25, -0.2) is 4.79 Å². The zero-order chi connectivity index (χ0) is 12.4. The van der Waals surface area contributed by atoms with Gasteiger partial charge in [0.25, 0.3) is 0 Å². The first kappa shape index (κ1) is 11.9. The fraction of sp³-hybridized carbons (Fsp3) is 0.364. The van der Waals surface area contributed by atoms with E-state index in [1.165, 1.54) is 18.2 Å². The lowest BCUT2D eigenvalue weighted by atomic mass is 9.78. The van der Waals surface area contributed by atoms with Gasteiger partial charge in [0.2, 0.25) is 0 Å². The van der Waals surface area contributed by atoms with E-state index in [1.54, 1.807) is 0 Å². The Morgan fingerprint density at radius 1 is 1.24 bits per heavy atom. The molecule has 1 aliphatic rings. The van der Waals surface area contributed by atoms with Crippen molar-refractivity contribution in [1.82, 2.24) is 0 Å². The van der Waals surface area contributed by atoms with Crippen molar-refractivity contribution >= 4 is 24.2 Å². The number of hydrogen-bond donors (Lipinski definition) is 3. The van der Waals surface area contributed by atoms with Crippen LogP contribution in [-0.4, -0.2) is 41.3 Å². The van der Waals surface area contributed by atoms with E-state index in [9.17, 15) is 14.8 Å². The summed E-state index contributed by atoms with van der Waals surface area (Å²) in [5.74, 6) is -1.01. The third kappa shape index (κ3) is 2.43. The maximum Gasteiger partial charge on any atom is 0.490 e. The van der Waals surface area contributed by atoms with Crippen LogP contribution in [0.5, 0.6) is 0 Å². The van der Waals surface area contributed by atoms with Crippen LogP contribution in [0.4, 0.5) is 5.69 Å². The maximum absolute atomic E-state index is 10.9. The molecule has 0 unspecified atom stereocenters. The number of nitrogens with zero attached hydrogens (tertiary/aromatic N) is 1.